The molecule has 0 amide bonds. The molecule has 0 unspecified atom stereocenters. The van der Waals surface area contributed by atoms with Crippen molar-refractivity contribution < 1.29 is 9.53 Å². The first-order valence-corrected chi connectivity index (χ1v) is 11.2. The predicted octanol–water partition coefficient (Wildman–Crippen LogP) is 7.34. The number of aryl methyl sites for hydroxylation is 1. The van der Waals surface area contributed by atoms with Crippen LogP contribution in [0.4, 0.5) is 0 Å². The van der Waals surface area contributed by atoms with Crippen LogP contribution in [-0.4, -0.2) is 12.6 Å². The molecular weight excluding hydrogens is 368 g/mol. The van der Waals surface area contributed by atoms with Gasteiger partial charge >= 0.3 is 5.97 Å². The normalized spacial score (nSPS) is 17.4. The van der Waals surface area contributed by atoms with Gasteiger partial charge < -0.3 is 4.74 Å². The minimum Gasteiger partial charge on any atom is -0.462 e. The van der Waals surface area contributed by atoms with E-state index in [9.17, 15) is 4.79 Å². The molecule has 30 heavy (non-hydrogen) atoms. The van der Waals surface area contributed by atoms with Crippen molar-refractivity contribution in [2.24, 2.45) is 0 Å². The van der Waals surface area contributed by atoms with Crippen LogP contribution >= 0.6 is 0 Å². The lowest BCUT2D eigenvalue weighted by Gasteiger charge is -2.42. The molecule has 0 bridgehead atoms. The first kappa shape index (κ1) is 22.3. The smallest absolute Gasteiger partial charge is 0.338 e. The summed E-state index contributed by atoms with van der Waals surface area (Å²) in [5.74, 6) is -0.266. The van der Waals surface area contributed by atoms with E-state index in [-0.39, 0.29) is 16.8 Å². The van der Waals surface area contributed by atoms with Crippen LogP contribution in [0.25, 0.3) is 11.6 Å². The Bertz CT molecular complexity index is 959. The Labute approximate surface area is 182 Å². The zero-order valence-electron chi connectivity index (χ0n) is 19.7. The summed E-state index contributed by atoms with van der Waals surface area (Å²) in [6.07, 6.45) is 5.69. The predicted molar refractivity (Wildman–Crippen MR) is 127 cm³/mol. The molecule has 0 aliphatic heterocycles. The van der Waals surface area contributed by atoms with Crippen molar-refractivity contribution in [3.8, 4) is 0 Å². The highest BCUT2D eigenvalue weighted by molar-refractivity contribution is 5.90. The SMILES string of the molecule is CCOC(=O)c1ccc(C=C(C)c2cc3c(cc2CC)C(C)(C)CCC3(C)C)cc1. The fraction of sp³-hybridized carbons (Fsp3) is 0.464. The number of esters is 1. The average Bonchev–Trinajstić information content (AvgIpc) is 2.71. The number of carbonyl (C=O) groups excluding carboxylic acids is 1. The standard InChI is InChI=1S/C28H36O2/c1-8-21-17-24-25(28(6,7)15-14-27(24,4)5)18-23(21)19(3)16-20-10-12-22(13-11-20)26(29)30-9-2/h10-13,16-18H,8-9,14-15H2,1-7H3. The molecular formula is C28H36O2. The number of hydrogen-bond acceptors (Lipinski definition) is 2. The van der Waals surface area contributed by atoms with E-state index >= 15 is 0 Å². The van der Waals surface area contributed by atoms with Gasteiger partial charge in [0.05, 0.1) is 12.2 Å². The molecule has 0 radical (unpaired) electrons. The molecule has 160 valence electrons. The van der Waals surface area contributed by atoms with Gasteiger partial charge in [0.2, 0.25) is 0 Å². The Morgan fingerprint density at radius 1 is 0.967 bits per heavy atom. The maximum Gasteiger partial charge on any atom is 0.338 e. The summed E-state index contributed by atoms with van der Waals surface area (Å²) in [5, 5.41) is 0. The van der Waals surface area contributed by atoms with Gasteiger partial charge in [-0.15, -0.1) is 0 Å². The molecule has 1 aliphatic carbocycles. The zero-order chi connectivity index (χ0) is 22.1. The van der Waals surface area contributed by atoms with Gasteiger partial charge in [0.15, 0.2) is 0 Å². The molecule has 0 N–H and O–H groups in total. The number of rotatable bonds is 5. The van der Waals surface area contributed by atoms with Crippen LogP contribution in [0.3, 0.4) is 0 Å². The van der Waals surface area contributed by atoms with Crippen LogP contribution in [-0.2, 0) is 22.0 Å². The maximum absolute atomic E-state index is 11.9. The second kappa shape index (κ2) is 8.41. The number of ether oxygens (including phenoxy) is 1. The number of hydrogen-bond donors (Lipinski definition) is 0. The number of carbonyl (C=O) groups is 1. The highest BCUT2D eigenvalue weighted by Crippen LogP contribution is 2.47. The third kappa shape index (κ3) is 4.38. The minimum atomic E-state index is -0.266. The van der Waals surface area contributed by atoms with E-state index in [0.29, 0.717) is 12.2 Å². The number of allylic oxidation sites excluding steroid dienone is 1. The quantitative estimate of drug-likeness (QED) is 0.385. The molecule has 0 saturated carbocycles. The molecule has 1 aliphatic rings. The van der Waals surface area contributed by atoms with Crippen LogP contribution < -0.4 is 0 Å². The van der Waals surface area contributed by atoms with Gasteiger partial charge in [0.25, 0.3) is 0 Å². The van der Waals surface area contributed by atoms with Crippen LogP contribution in [0, 0.1) is 0 Å². The summed E-state index contributed by atoms with van der Waals surface area (Å²) in [6, 6.07) is 12.6. The van der Waals surface area contributed by atoms with Crippen molar-refractivity contribution >= 4 is 17.6 Å². The van der Waals surface area contributed by atoms with Crippen molar-refractivity contribution in [3.05, 3.63) is 69.8 Å². The Hall–Kier alpha value is -2.35. The Morgan fingerprint density at radius 3 is 2.07 bits per heavy atom. The lowest BCUT2D eigenvalue weighted by molar-refractivity contribution is 0.0526. The zero-order valence-corrected chi connectivity index (χ0v) is 19.7. The van der Waals surface area contributed by atoms with E-state index < -0.39 is 0 Å². The Balaban J connectivity index is 2.01. The van der Waals surface area contributed by atoms with E-state index in [4.69, 9.17) is 4.74 Å². The lowest BCUT2D eigenvalue weighted by Crippen LogP contribution is -2.34. The van der Waals surface area contributed by atoms with Gasteiger partial charge in [-0.05, 0) is 89.5 Å². The first-order chi connectivity index (χ1) is 14.1. The monoisotopic (exact) mass is 404 g/mol. The fourth-order valence-corrected chi connectivity index (χ4v) is 4.58. The van der Waals surface area contributed by atoms with E-state index in [1.54, 1.807) is 0 Å². The van der Waals surface area contributed by atoms with Crippen molar-refractivity contribution in [3.63, 3.8) is 0 Å². The van der Waals surface area contributed by atoms with Crippen LogP contribution in [0.5, 0.6) is 0 Å². The minimum absolute atomic E-state index is 0.202. The molecule has 0 fully saturated rings. The molecule has 0 aromatic heterocycles. The van der Waals surface area contributed by atoms with Crippen molar-refractivity contribution in [1.82, 2.24) is 0 Å². The van der Waals surface area contributed by atoms with E-state index in [1.165, 1.54) is 40.7 Å². The molecule has 0 heterocycles. The molecule has 0 saturated heterocycles. The van der Waals surface area contributed by atoms with Gasteiger partial charge in [0.1, 0.15) is 0 Å². The summed E-state index contributed by atoms with van der Waals surface area (Å²) in [7, 11) is 0. The summed E-state index contributed by atoms with van der Waals surface area (Å²) in [5.41, 5.74) is 9.16. The Kier molecular flexibility index (Phi) is 6.26. The van der Waals surface area contributed by atoms with Gasteiger partial charge in [-0.3, -0.25) is 0 Å². The lowest BCUT2D eigenvalue weighted by atomic mass is 9.62. The number of fused-ring (bicyclic) bond motifs is 1. The highest BCUT2D eigenvalue weighted by atomic mass is 16.5. The molecule has 2 heteroatoms. The molecule has 2 aromatic carbocycles. The van der Waals surface area contributed by atoms with E-state index in [1.807, 2.05) is 31.2 Å². The van der Waals surface area contributed by atoms with E-state index in [2.05, 4.69) is 59.8 Å². The average molecular weight is 405 g/mol. The Morgan fingerprint density at radius 2 is 1.53 bits per heavy atom. The summed E-state index contributed by atoms with van der Waals surface area (Å²) in [4.78, 5) is 11.9. The molecule has 0 spiro atoms. The van der Waals surface area contributed by atoms with Gasteiger partial charge in [-0.2, -0.15) is 0 Å². The summed E-state index contributed by atoms with van der Waals surface area (Å²) >= 11 is 0. The van der Waals surface area contributed by atoms with Crippen molar-refractivity contribution in [2.75, 3.05) is 6.61 Å². The second-order valence-electron chi connectivity index (χ2n) is 9.85. The molecule has 2 aromatic rings. The topological polar surface area (TPSA) is 26.3 Å². The van der Waals surface area contributed by atoms with Gasteiger partial charge in [0, 0.05) is 0 Å². The van der Waals surface area contributed by atoms with Crippen LogP contribution in [0.15, 0.2) is 36.4 Å². The van der Waals surface area contributed by atoms with Gasteiger partial charge in [-0.25, -0.2) is 4.79 Å². The molecule has 0 atom stereocenters. The first-order valence-electron chi connectivity index (χ1n) is 11.2. The third-order valence-corrected chi connectivity index (χ3v) is 6.69. The number of benzene rings is 2. The fourth-order valence-electron chi connectivity index (χ4n) is 4.58. The maximum atomic E-state index is 11.9. The summed E-state index contributed by atoms with van der Waals surface area (Å²) in [6.45, 7) is 16.2. The highest BCUT2D eigenvalue weighted by Gasteiger charge is 2.37. The van der Waals surface area contributed by atoms with Crippen molar-refractivity contribution in [1.29, 1.82) is 0 Å². The molecule has 2 nitrogen and oxygen atoms in total. The second-order valence-corrected chi connectivity index (χ2v) is 9.85. The third-order valence-electron chi connectivity index (χ3n) is 6.69. The largest absolute Gasteiger partial charge is 0.462 e. The van der Waals surface area contributed by atoms with Gasteiger partial charge in [-0.1, -0.05) is 65.0 Å². The van der Waals surface area contributed by atoms with Crippen LogP contribution in [0.2, 0.25) is 0 Å². The van der Waals surface area contributed by atoms with E-state index in [0.717, 1.165) is 12.0 Å². The van der Waals surface area contributed by atoms with Crippen LogP contribution in [0.1, 0.15) is 99.5 Å². The van der Waals surface area contributed by atoms with Crippen molar-refractivity contribution in [2.45, 2.75) is 78.6 Å². The molecule has 3 rings (SSSR count). The summed E-state index contributed by atoms with van der Waals surface area (Å²) < 4.78 is 5.08.